The van der Waals surface area contributed by atoms with Crippen molar-refractivity contribution in [3.63, 3.8) is 0 Å². The lowest BCUT2D eigenvalue weighted by Gasteiger charge is -2.38. The molecule has 35 heavy (non-hydrogen) atoms. The van der Waals surface area contributed by atoms with Crippen molar-refractivity contribution in [3.8, 4) is 0 Å². The molecule has 9 nitrogen and oxygen atoms in total. The molecule has 2 aliphatic rings. The Balaban J connectivity index is 1.54. The number of aliphatic hydroxyl groups excluding tert-OH is 3. The molecule has 8 atom stereocenters. The molecule has 0 spiro atoms. The lowest BCUT2D eigenvalue weighted by Crippen LogP contribution is -2.50. The van der Waals surface area contributed by atoms with Crippen LogP contribution in [0.2, 0.25) is 0 Å². The molecule has 0 aliphatic carbocycles. The van der Waals surface area contributed by atoms with E-state index in [4.69, 9.17) is 24.5 Å². The predicted octanol–water partition coefficient (Wildman–Crippen LogP) is 3.53. The third kappa shape index (κ3) is 10.9. The molecule has 2 fully saturated rings. The summed E-state index contributed by atoms with van der Waals surface area (Å²) >= 11 is 0. The van der Waals surface area contributed by atoms with Gasteiger partial charge in [-0.15, -0.1) is 0 Å². The van der Waals surface area contributed by atoms with Crippen molar-refractivity contribution in [1.29, 1.82) is 0 Å². The topological polar surface area (TPSA) is 130 Å². The molecule has 0 saturated carbocycles. The first-order chi connectivity index (χ1) is 16.7. The van der Waals surface area contributed by atoms with E-state index in [9.17, 15) is 15.3 Å². The fraction of sp³-hybridized carbons (Fsp3) is 0.846. The lowest BCUT2D eigenvalue weighted by molar-refractivity contribution is -0.286. The molecule has 0 bridgehead atoms. The van der Waals surface area contributed by atoms with E-state index in [1.54, 1.807) is 6.92 Å². The maximum absolute atomic E-state index is 10.6. The van der Waals surface area contributed by atoms with Gasteiger partial charge in [-0.3, -0.25) is 0 Å². The maximum atomic E-state index is 10.6. The highest BCUT2D eigenvalue weighted by Gasteiger charge is 2.48. The van der Waals surface area contributed by atoms with Crippen molar-refractivity contribution >= 4 is 0 Å². The Hall–Kier alpha value is -1.04. The maximum Gasteiger partial charge on any atom is 0.135 e. The Morgan fingerprint density at radius 1 is 1.06 bits per heavy atom. The second-order valence-corrected chi connectivity index (χ2v) is 10.1. The molecule has 1 unspecified atom stereocenters. The van der Waals surface area contributed by atoms with Gasteiger partial charge in [0.05, 0.1) is 43.7 Å². The number of rotatable bonds is 18. The fourth-order valence-electron chi connectivity index (χ4n) is 4.45. The Bertz CT molecular complexity index is 638. The summed E-state index contributed by atoms with van der Waals surface area (Å²) in [6, 6.07) is 0. The first-order valence-electron chi connectivity index (χ1n) is 12.9. The second kappa shape index (κ2) is 15.9. The summed E-state index contributed by atoms with van der Waals surface area (Å²) in [6.07, 6.45) is 5.96. The van der Waals surface area contributed by atoms with Crippen molar-refractivity contribution in [2.45, 2.75) is 109 Å². The molecule has 204 valence electrons. The van der Waals surface area contributed by atoms with Crippen molar-refractivity contribution in [3.05, 3.63) is 24.0 Å². The zero-order valence-electron chi connectivity index (χ0n) is 21.5. The van der Waals surface area contributed by atoms with E-state index in [1.165, 1.54) is 0 Å². The van der Waals surface area contributed by atoms with Gasteiger partial charge in [-0.1, -0.05) is 44.4 Å². The van der Waals surface area contributed by atoms with Crippen LogP contribution in [0.5, 0.6) is 0 Å². The van der Waals surface area contributed by atoms with Gasteiger partial charge < -0.3 is 29.7 Å². The monoisotopic (exact) mass is 502 g/mol. The molecule has 2 aliphatic heterocycles. The second-order valence-electron chi connectivity index (χ2n) is 10.1. The Morgan fingerprint density at radius 2 is 1.77 bits per heavy atom. The molecular formula is C26H46O9. The minimum Gasteiger partial charge on any atom is -0.393 e. The van der Waals surface area contributed by atoms with Crippen LogP contribution in [-0.4, -0.2) is 77.0 Å². The average Bonchev–Trinajstić information content (AvgIpc) is 3.60. The van der Waals surface area contributed by atoms with Crippen LogP contribution in [0.4, 0.5) is 0 Å². The van der Waals surface area contributed by atoms with Crippen LogP contribution in [0.3, 0.4) is 0 Å². The van der Waals surface area contributed by atoms with Gasteiger partial charge in [-0.25, -0.2) is 15.0 Å². The minimum absolute atomic E-state index is 0.00202. The SMILES string of the molecule is C=C(CCCCCCCOOC/C=C(/C)CC1OC[C@H](C[C@H]2O[C@H]2[C@@H](C)[C@H](C)O)[C@@H](O)[C@H]1O)OO. The third-order valence-corrected chi connectivity index (χ3v) is 7.09. The summed E-state index contributed by atoms with van der Waals surface area (Å²) in [5, 5.41) is 39.3. The zero-order chi connectivity index (χ0) is 25.8. The van der Waals surface area contributed by atoms with E-state index < -0.39 is 24.4 Å². The number of hydrogen-bond donors (Lipinski definition) is 4. The zero-order valence-corrected chi connectivity index (χ0v) is 21.5. The molecule has 0 aromatic heterocycles. The molecule has 2 saturated heterocycles. The highest BCUT2D eigenvalue weighted by atomic mass is 17.2. The number of ether oxygens (including phenoxy) is 2. The summed E-state index contributed by atoms with van der Waals surface area (Å²) in [5.74, 6) is 0.256. The molecule has 9 heteroatoms. The third-order valence-electron chi connectivity index (χ3n) is 7.09. The standard InChI is InChI=1S/C26H46O9/c1-17(11-13-33-32-12-9-7-5-6-8-10-18(2)35-30)14-22-25(29)24(28)21(16-31-22)15-23-26(34-23)19(3)20(4)27/h11,19-30H,2,5-10,12-16H2,1,3-4H3/b17-11-/t19-,20-,21-,22?,23+,24+,25-,26-/m0/s1. The van der Waals surface area contributed by atoms with Crippen LogP contribution in [0.1, 0.15) is 72.1 Å². The van der Waals surface area contributed by atoms with Crippen molar-refractivity contribution < 1.29 is 44.7 Å². The van der Waals surface area contributed by atoms with Gasteiger partial charge >= 0.3 is 0 Å². The van der Waals surface area contributed by atoms with E-state index in [1.807, 2.05) is 19.9 Å². The molecule has 4 N–H and O–H groups in total. The van der Waals surface area contributed by atoms with Gasteiger partial charge in [0, 0.05) is 18.3 Å². The summed E-state index contributed by atoms with van der Waals surface area (Å²) in [4.78, 5) is 14.5. The van der Waals surface area contributed by atoms with E-state index >= 15 is 0 Å². The van der Waals surface area contributed by atoms with E-state index in [0.717, 1.165) is 37.7 Å². The van der Waals surface area contributed by atoms with E-state index in [0.29, 0.717) is 44.8 Å². The van der Waals surface area contributed by atoms with Crippen LogP contribution in [0, 0.1) is 11.8 Å². The van der Waals surface area contributed by atoms with Crippen molar-refractivity contribution in [2.24, 2.45) is 11.8 Å². The Kier molecular flexibility index (Phi) is 13.7. The number of unbranched alkanes of at least 4 members (excludes halogenated alkanes) is 4. The molecule has 0 aromatic rings. The number of epoxide rings is 1. The van der Waals surface area contributed by atoms with Gasteiger partial charge in [-0.05, 0) is 39.5 Å². The van der Waals surface area contributed by atoms with Crippen LogP contribution in [0.25, 0.3) is 0 Å². The largest absolute Gasteiger partial charge is 0.393 e. The predicted molar refractivity (Wildman–Crippen MR) is 130 cm³/mol. The van der Waals surface area contributed by atoms with Gasteiger partial charge in [0.2, 0.25) is 0 Å². The van der Waals surface area contributed by atoms with Crippen LogP contribution >= 0.6 is 0 Å². The highest BCUT2D eigenvalue weighted by Crippen LogP contribution is 2.38. The minimum atomic E-state index is -0.963. The summed E-state index contributed by atoms with van der Waals surface area (Å²) in [5.41, 5.74) is 0.994. The van der Waals surface area contributed by atoms with Crippen molar-refractivity contribution in [1.82, 2.24) is 0 Å². The van der Waals surface area contributed by atoms with Crippen LogP contribution in [0.15, 0.2) is 24.0 Å². The first-order valence-corrected chi connectivity index (χ1v) is 12.9. The van der Waals surface area contributed by atoms with Gasteiger partial charge in [0.1, 0.15) is 18.5 Å². The number of aliphatic hydroxyl groups is 3. The van der Waals surface area contributed by atoms with Crippen molar-refractivity contribution in [2.75, 3.05) is 19.8 Å². The van der Waals surface area contributed by atoms with Crippen LogP contribution < -0.4 is 0 Å². The molecule has 2 heterocycles. The Labute approximate surface area is 209 Å². The van der Waals surface area contributed by atoms with Gasteiger partial charge in [0.15, 0.2) is 0 Å². The summed E-state index contributed by atoms with van der Waals surface area (Å²) in [6.45, 7) is 10.4. The highest BCUT2D eigenvalue weighted by molar-refractivity contribution is 5.03. The fourth-order valence-corrected chi connectivity index (χ4v) is 4.45. The summed E-state index contributed by atoms with van der Waals surface area (Å²) in [7, 11) is 0. The van der Waals surface area contributed by atoms with E-state index in [2.05, 4.69) is 11.5 Å². The summed E-state index contributed by atoms with van der Waals surface area (Å²) < 4.78 is 11.6. The van der Waals surface area contributed by atoms with E-state index in [-0.39, 0.29) is 24.0 Å². The number of hydrogen-bond acceptors (Lipinski definition) is 9. The molecular weight excluding hydrogens is 456 g/mol. The molecule has 0 aromatic carbocycles. The lowest BCUT2D eigenvalue weighted by atomic mass is 9.85. The Morgan fingerprint density at radius 3 is 2.49 bits per heavy atom. The van der Waals surface area contributed by atoms with Gasteiger partial charge in [-0.2, -0.15) is 0 Å². The average molecular weight is 503 g/mol. The molecule has 0 radical (unpaired) electrons. The van der Waals surface area contributed by atoms with Gasteiger partial charge in [0.25, 0.3) is 0 Å². The first kappa shape index (κ1) is 30.2. The smallest absolute Gasteiger partial charge is 0.135 e. The normalized spacial score (nSPS) is 30.7. The molecule has 2 rings (SSSR count). The quantitative estimate of drug-likeness (QED) is 0.0555. The number of allylic oxidation sites excluding steroid dienone is 1. The van der Waals surface area contributed by atoms with Crippen LogP contribution in [-0.2, 0) is 24.1 Å². The molecule has 0 amide bonds.